The Bertz CT molecular complexity index is 596. The highest BCUT2D eigenvalue weighted by atomic mass is 16.5. The van der Waals surface area contributed by atoms with Crippen LogP contribution in [0.2, 0.25) is 0 Å². The molecule has 1 atom stereocenters. The lowest BCUT2D eigenvalue weighted by Crippen LogP contribution is -2.39. The molecule has 9 heteroatoms. The van der Waals surface area contributed by atoms with Crippen molar-refractivity contribution in [3.63, 3.8) is 0 Å². The molecule has 0 aromatic carbocycles. The van der Waals surface area contributed by atoms with Crippen molar-refractivity contribution in [1.29, 1.82) is 0 Å². The largest absolute Gasteiger partial charge is 0.466 e. The number of carbonyl (C=O) groups excluding carboxylic acids is 2. The summed E-state index contributed by atoms with van der Waals surface area (Å²) >= 11 is 0. The molecule has 1 aromatic heterocycles. The Hall–Kier alpha value is -2.19. The topological polar surface area (TPSA) is 93.5 Å². The van der Waals surface area contributed by atoms with Gasteiger partial charge < -0.3 is 14.5 Å². The summed E-state index contributed by atoms with van der Waals surface area (Å²) in [5, 5.41) is 12.1. The molecule has 24 heavy (non-hydrogen) atoms. The fourth-order valence-corrected chi connectivity index (χ4v) is 3.43. The Kier molecular flexibility index (Phi) is 4.96. The SMILES string of the molecule is CCOC(=O)C1CCN(c2nnnn2[C@H]2CC(=O)N(CC)C2)CC1. The lowest BCUT2D eigenvalue weighted by atomic mass is 9.97. The molecule has 1 aromatic rings. The van der Waals surface area contributed by atoms with Gasteiger partial charge in [0.2, 0.25) is 11.9 Å². The van der Waals surface area contributed by atoms with Gasteiger partial charge in [0.05, 0.1) is 25.0 Å². The van der Waals surface area contributed by atoms with E-state index in [1.807, 2.05) is 18.7 Å². The van der Waals surface area contributed by atoms with Crippen LogP contribution in [0.25, 0.3) is 0 Å². The highest BCUT2D eigenvalue weighted by Crippen LogP contribution is 2.28. The minimum absolute atomic E-state index is 0.0229. The number of piperidine rings is 1. The Morgan fingerprint density at radius 2 is 2.04 bits per heavy atom. The normalized spacial score (nSPS) is 22.2. The second-order valence-corrected chi connectivity index (χ2v) is 6.23. The number of anilines is 1. The number of ether oxygens (including phenoxy) is 1. The maximum Gasteiger partial charge on any atom is 0.309 e. The monoisotopic (exact) mass is 336 g/mol. The summed E-state index contributed by atoms with van der Waals surface area (Å²) in [6.45, 7) is 6.99. The van der Waals surface area contributed by atoms with E-state index in [2.05, 4.69) is 20.4 Å². The number of likely N-dealkylation sites (N-methyl/N-ethyl adjacent to an activating group) is 1. The molecule has 0 spiro atoms. The van der Waals surface area contributed by atoms with Crippen molar-refractivity contribution >= 4 is 17.8 Å². The van der Waals surface area contributed by atoms with Gasteiger partial charge in [-0.25, -0.2) is 4.68 Å². The molecule has 2 aliphatic heterocycles. The fraction of sp³-hybridized carbons (Fsp3) is 0.800. The van der Waals surface area contributed by atoms with Crippen molar-refractivity contribution in [1.82, 2.24) is 25.1 Å². The van der Waals surface area contributed by atoms with E-state index in [9.17, 15) is 9.59 Å². The Morgan fingerprint density at radius 3 is 2.67 bits per heavy atom. The smallest absolute Gasteiger partial charge is 0.309 e. The van der Waals surface area contributed by atoms with Crippen molar-refractivity contribution in [2.75, 3.05) is 37.7 Å². The maximum absolute atomic E-state index is 12.0. The second kappa shape index (κ2) is 7.14. The predicted molar refractivity (Wildman–Crippen MR) is 85.3 cm³/mol. The van der Waals surface area contributed by atoms with Crippen molar-refractivity contribution in [3.05, 3.63) is 0 Å². The molecule has 2 fully saturated rings. The molecule has 2 aliphatic rings. The number of tetrazole rings is 1. The molecule has 1 amide bonds. The third kappa shape index (κ3) is 3.20. The lowest BCUT2D eigenvalue weighted by Gasteiger charge is -2.31. The number of aromatic nitrogens is 4. The average Bonchev–Trinajstić information content (AvgIpc) is 3.21. The van der Waals surface area contributed by atoms with Gasteiger partial charge in [-0.3, -0.25) is 9.59 Å². The zero-order valence-electron chi connectivity index (χ0n) is 14.2. The molecule has 9 nitrogen and oxygen atoms in total. The Balaban J connectivity index is 1.65. The molecule has 0 saturated carbocycles. The number of rotatable bonds is 5. The summed E-state index contributed by atoms with van der Waals surface area (Å²) in [5.41, 5.74) is 0. The number of nitrogens with zero attached hydrogens (tertiary/aromatic N) is 6. The molecule has 2 saturated heterocycles. The molecule has 0 unspecified atom stereocenters. The summed E-state index contributed by atoms with van der Waals surface area (Å²) in [4.78, 5) is 27.7. The minimum atomic E-state index is -0.114. The van der Waals surface area contributed by atoms with Gasteiger partial charge in [0, 0.05) is 26.2 Å². The first-order valence-corrected chi connectivity index (χ1v) is 8.61. The predicted octanol–water partition coefficient (Wildman–Crippen LogP) is 0.246. The Labute approximate surface area is 140 Å². The molecular formula is C15H24N6O3. The Morgan fingerprint density at radius 1 is 1.29 bits per heavy atom. The molecule has 0 N–H and O–H groups in total. The van der Waals surface area contributed by atoms with Crippen LogP contribution >= 0.6 is 0 Å². The van der Waals surface area contributed by atoms with E-state index in [0.717, 1.165) is 12.8 Å². The highest BCUT2D eigenvalue weighted by molar-refractivity contribution is 5.79. The van der Waals surface area contributed by atoms with Crippen LogP contribution in [0.5, 0.6) is 0 Å². The van der Waals surface area contributed by atoms with Crippen LogP contribution in [-0.4, -0.2) is 69.8 Å². The van der Waals surface area contributed by atoms with Gasteiger partial charge in [0.25, 0.3) is 0 Å². The third-order valence-electron chi connectivity index (χ3n) is 4.79. The van der Waals surface area contributed by atoms with Gasteiger partial charge >= 0.3 is 5.97 Å². The van der Waals surface area contributed by atoms with Crippen molar-refractivity contribution in [2.24, 2.45) is 5.92 Å². The summed E-state index contributed by atoms with van der Waals surface area (Å²) in [5.74, 6) is 0.670. The lowest BCUT2D eigenvalue weighted by molar-refractivity contribution is -0.148. The van der Waals surface area contributed by atoms with Gasteiger partial charge in [-0.2, -0.15) is 0 Å². The van der Waals surface area contributed by atoms with E-state index in [4.69, 9.17) is 4.74 Å². The van der Waals surface area contributed by atoms with E-state index in [-0.39, 0.29) is 23.8 Å². The van der Waals surface area contributed by atoms with E-state index in [1.54, 1.807) is 4.68 Å². The van der Waals surface area contributed by atoms with E-state index in [0.29, 0.717) is 45.2 Å². The minimum Gasteiger partial charge on any atom is -0.466 e. The van der Waals surface area contributed by atoms with Crippen LogP contribution in [0, 0.1) is 5.92 Å². The van der Waals surface area contributed by atoms with E-state index < -0.39 is 0 Å². The first-order chi connectivity index (χ1) is 11.6. The zero-order chi connectivity index (χ0) is 17.1. The van der Waals surface area contributed by atoms with Gasteiger partial charge in [-0.05, 0) is 37.1 Å². The second-order valence-electron chi connectivity index (χ2n) is 6.23. The van der Waals surface area contributed by atoms with Crippen LogP contribution in [0.15, 0.2) is 0 Å². The quantitative estimate of drug-likeness (QED) is 0.711. The van der Waals surface area contributed by atoms with Gasteiger partial charge in [0.15, 0.2) is 0 Å². The van der Waals surface area contributed by atoms with Crippen LogP contribution < -0.4 is 4.90 Å². The molecule has 0 radical (unpaired) electrons. The van der Waals surface area contributed by atoms with Crippen LogP contribution in [-0.2, 0) is 14.3 Å². The molecule has 132 valence electrons. The molecule has 3 rings (SSSR count). The highest BCUT2D eigenvalue weighted by Gasteiger charge is 2.34. The summed E-state index contributed by atoms with van der Waals surface area (Å²) in [6, 6.07) is -0.0229. The molecular weight excluding hydrogens is 312 g/mol. The summed E-state index contributed by atoms with van der Waals surface area (Å²) in [7, 11) is 0. The first kappa shape index (κ1) is 16.7. The standard InChI is InChI=1S/C15H24N6O3/c1-3-19-10-12(9-13(19)22)21-15(16-17-18-21)20-7-5-11(6-8-20)14(23)24-4-2/h11-12H,3-10H2,1-2H3/t12-/m0/s1. The summed E-state index contributed by atoms with van der Waals surface area (Å²) in [6.07, 6.45) is 1.90. The number of hydrogen-bond acceptors (Lipinski definition) is 7. The average molecular weight is 336 g/mol. The van der Waals surface area contributed by atoms with E-state index >= 15 is 0 Å². The molecule has 3 heterocycles. The number of likely N-dealkylation sites (tertiary alicyclic amines) is 1. The number of hydrogen-bond donors (Lipinski definition) is 0. The zero-order valence-corrected chi connectivity index (χ0v) is 14.2. The maximum atomic E-state index is 12.0. The summed E-state index contributed by atoms with van der Waals surface area (Å²) < 4.78 is 6.86. The van der Waals surface area contributed by atoms with Crippen LogP contribution in [0.1, 0.15) is 39.2 Å². The number of amides is 1. The third-order valence-corrected chi connectivity index (χ3v) is 4.79. The van der Waals surface area contributed by atoms with Crippen LogP contribution in [0.3, 0.4) is 0 Å². The fourth-order valence-electron chi connectivity index (χ4n) is 3.43. The van der Waals surface area contributed by atoms with E-state index in [1.165, 1.54) is 0 Å². The van der Waals surface area contributed by atoms with Crippen molar-refractivity contribution in [2.45, 2.75) is 39.2 Å². The van der Waals surface area contributed by atoms with Crippen molar-refractivity contribution < 1.29 is 14.3 Å². The molecule has 0 aliphatic carbocycles. The van der Waals surface area contributed by atoms with Crippen LogP contribution in [0.4, 0.5) is 5.95 Å². The molecule has 0 bridgehead atoms. The van der Waals surface area contributed by atoms with Gasteiger partial charge in [-0.1, -0.05) is 5.10 Å². The van der Waals surface area contributed by atoms with Crippen molar-refractivity contribution in [3.8, 4) is 0 Å². The first-order valence-electron chi connectivity index (χ1n) is 8.61. The number of esters is 1. The number of carbonyl (C=O) groups is 2. The van der Waals surface area contributed by atoms with Gasteiger partial charge in [-0.15, -0.1) is 0 Å². The van der Waals surface area contributed by atoms with Gasteiger partial charge in [0.1, 0.15) is 0 Å².